The number of benzene rings is 1. The Balaban J connectivity index is 1.82. The van der Waals surface area contributed by atoms with Crippen molar-refractivity contribution in [1.82, 2.24) is 10.2 Å². The van der Waals surface area contributed by atoms with Gasteiger partial charge in [0, 0.05) is 23.7 Å². The van der Waals surface area contributed by atoms with Crippen LogP contribution in [0.2, 0.25) is 5.02 Å². The number of nitrogens with one attached hydrogen (secondary N) is 1. The Labute approximate surface area is 118 Å². The molecule has 0 radical (unpaired) electrons. The molecule has 2 heterocycles. The first-order valence-corrected chi connectivity index (χ1v) is 7.37. The summed E-state index contributed by atoms with van der Waals surface area (Å²) in [5.41, 5.74) is 1.03. The summed E-state index contributed by atoms with van der Waals surface area (Å²) in [6.45, 7) is 7.81. The molecule has 2 aliphatic heterocycles. The number of nitrogens with zero attached hydrogens (tertiary/aromatic N) is 1. The van der Waals surface area contributed by atoms with Gasteiger partial charge in [-0.2, -0.15) is 0 Å². The van der Waals surface area contributed by atoms with Crippen LogP contribution in [0.5, 0.6) is 0 Å². The van der Waals surface area contributed by atoms with Gasteiger partial charge in [0.05, 0.1) is 0 Å². The van der Waals surface area contributed by atoms with Crippen molar-refractivity contribution >= 4 is 11.6 Å². The zero-order valence-electron chi connectivity index (χ0n) is 11.4. The zero-order valence-corrected chi connectivity index (χ0v) is 12.1. The van der Waals surface area contributed by atoms with Gasteiger partial charge >= 0.3 is 0 Å². The molecule has 3 rings (SSSR count). The van der Waals surface area contributed by atoms with E-state index in [4.69, 9.17) is 11.6 Å². The van der Waals surface area contributed by atoms with Crippen molar-refractivity contribution in [3.63, 3.8) is 0 Å². The lowest BCUT2D eigenvalue weighted by Crippen LogP contribution is -2.35. The van der Waals surface area contributed by atoms with Crippen molar-refractivity contribution in [3.05, 3.63) is 34.6 Å². The van der Waals surface area contributed by atoms with E-state index >= 15 is 0 Å². The van der Waals surface area contributed by atoms with Gasteiger partial charge in [0.1, 0.15) is 5.82 Å². The fourth-order valence-corrected chi connectivity index (χ4v) is 4.06. The number of likely N-dealkylation sites (tertiary alicyclic amines) is 1. The summed E-state index contributed by atoms with van der Waals surface area (Å²) in [4.78, 5) is 2.51. The number of halogens is 2. The summed E-state index contributed by atoms with van der Waals surface area (Å²) >= 11 is 6.19. The molecule has 0 bridgehead atoms. The Morgan fingerprint density at radius 3 is 2.89 bits per heavy atom. The predicted molar refractivity (Wildman–Crippen MR) is 75.8 cm³/mol. The minimum absolute atomic E-state index is 0.244. The summed E-state index contributed by atoms with van der Waals surface area (Å²) in [6.07, 6.45) is 0. The van der Waals surface area contributed by atoms with Crippen LogP contribution in [0.3, 0.4) is 0 Å². The molecule has 1 N–H and O–H groups in total. The average Bonchev–Trinajstić information content (AvgIpc) is 2.92. The maximum Gasteiger partial charge on any atom is 0.124 e. The highest BCUT2D eigenvalue weighted by Crippen LogP contribution is 2.39. The Hall–Kier alpha value is -0.640. The van der Waals surface area contributed by atoms with E-state index in [1.165, 1.54) is 12.1 Å². The van der Waals surface area contributed by atoms with Gasteiger partial charge in [-0.15, -0.1) is 0 Å². The van der Waals surface area contributed by atoms with E-state index in [2.05, 4.69) is 24.1 Å². The molecular formula is C15H20ClFN2. The number of hydrogen-bond donors (Lipinski definition) is 1. The maximum absolute atomic E-state index is 13.1. The molecule has 4 unspecified atom stereocenters. The van der Waals surface area contributed by atoms with Crippen molar-refractivity contribution in [3.8, 4) is 0 Å². The third-order valence-electron chi connectivity index (χ3n) is 4.89. The molecule has 0 saturated carbocycles. The monoisotopic (exact) mass is 282 g/mol. The summed E-state index contributed by atoms with van der Waals surface area (Å²) < 4.78 is 13.1. The first kappa shape index (κ1) is 13.3. The molecule has 19 heavy (non-hydrogen) atoms. The van der Waals surface area contributed by atoms with Crippen LogP contribution in [-0.2, 0) is 0 Å². The standard InChI is InChI=1S/C15H20ClFN2/c1-9(13-4-3-12(17)5-15(13)16)19-8-11-6-18-7-14(11)10(19)2/h3-5,9-11,14,18H,6-8H2,1-2H3. The van der Waals surface area contributed by atoms with E-state index in [-0.39, 0.29) is 11.9 Å². The van der Waals surface area contributed by atoms with Crippen LogP contribution in [-0.4, -0.2) is 30.6 Å². The second-order valence-electron chi connectivity index (χ2n) is 5.86. The van der Waals surface area contributed by atoms with Gasteiger partial charge in [0.15, 0.2) is 0 Å². The molecule has 2 nitrogen and oxygen atoms in total. The highest BCUT2D eigenvalue weighted by atomic mass is 35.5. The molecule has 1 aromatic carbocycles. The molecule has 2 aliphatic rings. The molecule has 2 saturated heterocycles. The van der Waals surface area contributed by atoms with Gasteiger partial charge in [-0.25, -0.2) is 4.39 Å². The Morgan fingerprint density at radius 2 is 2.21 bits per heavy atom. The van der Waals surface area contributed by atoms with Crippen LogP contribution in [0.15, 0.2) is 18.2 Å². The van der Waals surface area contributed by atoms with Crippen molar-refractivity contribution in [1.29, 1.82) is 0 Å². The molecular weight excluding hydrogens is 263 g/mol. The van der Waals surface area contributed by atoms with Crippen molar-refractivity contribution in [2.24, 2.45) is 11.8 Å². The largest absolute Gasteiger partial charge is 0.316 e. The first-order valence-electron chi connectivity index (χ1n) is 6.99. The normalized spacial score (nSPS) is 32.5. The van der Waals surface area contributed by atoms with Crippen molar-refractivity contribution in [2.75, 3.05) is 19.6 Å². The summed E-state index contributed by atoms with van der Waals surface area (Å²) in [6, 6.07) is 5.53. The lowest BCUT2D eigenvalue weighted by Gasteiger charge is -2.31. The Kier molecular flexibility index (Phi) is 3.54. The van der Waals surface area contributed by atoms with Crippen LogP contribution < -0.4 is 5.32 Å². The molecule has 0 aromatic heterocycles. The van der Waals surface area contributed by atoms with Gasteiger partial charge in [-0.1, -0.05) is 17.7 Å². The summed E-state index contributed by atoms with van der Waals surface area (Å²) in [7, 11) is 0. The molecule has 4 atom stereocenters. The van der Waals surface area contributed by atoms with Gasteiger partial charge in [-0.05, 0) is 56.5 Å². The molecule has 4 heteroatoms. The maximum atomic E-state index is 13.1. The second kappa shape index (κ2) is 5.04. The van der Waals surface area contributed by atoms with E-state index in [1.54, 1.807) is 0 Å². The average molecular weight is 283 g/mol. The number of fused-ring (bicyclic) bond motifs is 1. The smallest absolute Gasteiger partial charge is 0.124 e. The molecule has 2 fully saturated rings. The fourth-order valence-electron chi connectivity index (χ4n) is 3.73. The molecule has 104 valence electrons. The topological polar surface area (TPSA) is 15.3 Å². The predicted octanol–water partition coefficient (Wildman–Crippen LogP) is 3.08. The van der Waals surface area contributed by atoms with Crippen LogP contribution in [0, 0.1) is 17.7 Å². The molecule has 1 aromatic rings. The fraction of sp³-hybridized carbons (Fsp3) is 0.600. The van der Waals surface area contributed by atoms with Crippen molar-refractivity contribution < 1.29 is 4.39 Å². The highest BCUT2D eigenvalue weighted by molar-refractivity contribution is 6.31. The number of rotatable bonds is 2. The summed E-state index contributed by atoms with van der Waals surface area (Å²) in [5, 5.41) is 4.01. The third kappa shape index (κ3) is 2.28. The van der Waals surface area contributed by atoms with E-state index in [1.807, 2.05) is 6.07 Å². The summed E-state index contributed by atoms with van der Waals surface area (Å²) in [5.74, 6) is 1.22. The van der Waals surface area contributed by atoms with Gasteiger partial charge < -0.3 is 5.32 Å². The molecule has 0 spiro atoms. The van der Waals surface area contributed by atoms with Gasteiger partial charge in [0.2, 0.25) is 0 Å². The van der Waals surface area contributed by atoms with E-state index < -0.39 is 0 Å². The SMILES string of the molecule is CC(c1ccc(F)cc1Cl)N1CC2CNCC2C1C. The van der Waals surface area contributed by atoms with E-state index in [0.29, 0.717) is 11.1 Å². The van der Waals surface area contributed by atoms with Crippen molar-refractivity contribution in [2.45, 2.75) is 25.9 Å². The van der Waals surface area contributed by atoms with E-state index in [9.17, 15) is 4.39 Å². The minimum atomic E-state index is -0.267. The lowest BCUT2D eigenvalue weighted by molar-refractivity contribution is 0.182. The lowest BCUT2D eigenvalue weighted by atomic mass is 9.95. The van der Waals surface area contributed by atoms with Gasteiger partial charge in [0.25, 0.3) is 0 Å². The van der Waals surface area contributed by atoms with Crippen LogP contribution in [0.1, 0.15) is 25.5 Å². The van der Waals surface area contributed by atoms with Crippen LogP contribution >= 0.6 is 11.6 Å². The minimum Gasteiger partial charge on any atom is -0.316 e. The molecule has 0 aliphatic carbocycles. The molecule has 0 amide bonds. The second-order valence-corrected chi connectivity index (χ2v) is 6.27. The third-order valence-corrected chi connectivity index (χ3v) is 5.22. The van der Waals surface area contributed by atoms with Crippen LogP contribution in [0.4, 0.5) is 4.39 Å². The van der Waals surface area contributed by atoms with Gasteiger partial charge in [-0.3, -0.25) is 4.90 Å². The Bertz CT molecular complexity index is 479. The first-order chi connectivity index (χ1) is 9.08. The Morgan fingerprint density at radius 1 is 1.42 bits per heavy atom. The number of hydrogen-bond acceptors (Lipinski definition) is 2. The van der Waals surface area contributed by atoms with Crippen LogP contribution in [0.25, 0.3) is 0 Å². The quantitative estimate of drug-likeness (QED) is 0.897. The zero-order chi connectivity index (χ0) is 13.6. The highest BCUT2D eigenvalue weighted by Gasteiger charge is 2.43. The van der Waals surface area contributed by atoms with E-state index in [0.717, 1.165) is 37.0 Å².